The number of hydrogen-bond acceptors (Lipinski definition) is 2. The fourth-order valence-electron chi connectivity index (χ4n) is 1.73. The summed E-state index contributed by atoms with van der Waals surface area (Å²) >= 11 is 5.30. The predicted molar refractivity (Wildman–Crippen MR) is 62.4 cm³/mol. The molecule has 0 aliphatic carbocycles. The average molecular weight is 216 g/mol. The van der Waals surface area contributed by atoms with E-state index in [0.29, 0.717) is 12.0 Å². The molecule has 1 aliphatic heterocycles. The zero-order valence-corrected chi connectivity index (χ0v) is 10.1. The lowest BCUT2D eigenvalue weighted by molar-refractivity contribution is 0.157. The minimum atomic E-state index is 0.420. The Hall–Kier alpha value is -0.350. The summed E-state index contributed by atoms with van der Waals surface area (Å²) in [6, 6.07) is 0.420. The van der Waals surface area contributed by atoms with Gasteiger partial charge >= 0.3 is 0 Å². The van der Waals surface area contributed by atoms with Crippen molar-refractivity contribution in [2.75, 3.05) is 26.8 Å². The molecule has 1 aliphatic rings. The fourth-order valence-corrected chi connectivity index (χ4v) is 2.13. The second-order valence-corrected chi connectivity index (χ2v) is 4.55. The van der Waals surface area contributed by atoms with E-state index in [-0.39, 0.29) is 0 Å². The summed E-state index contributed by atoms with van der Waals surface area (Å²) in [5.41, 5.74) is 0. The molecule has 1 unspecified atom stereocenters. The van der Waals surface area contributed by atoms with E-state index in [0.717, 1.165) is 24.8 Å². The van der Waals surface area contributed by atoms with E-state index in [1.165, 1.54) is 6.42 Å². The number of hydrogen-bond donors (Lipinski definition) is 1. The smallest absolute Gasteiger partial charge is 0.169 e. The second kappa shape index (κ2) is 5.51. The van der Waals surface area contributed by atoms with Crippen LogP contribution >= 0.6 is 12.2 Å². The van der Waals surface area contributed by atoms with Crippen LogP contribution in [0.5, 0.6) is 0 Å². The summed E-state index contributed by atoms with van der Waals surface area (Å²) in [6.07, 6.45) is 1.19. The molecular weight excluding hydrogens is 196 g/mol. The predicted octanol–water partition coefficient (Wildman–Crippen LogP) is 1.24. The maximum atomic E-state index is 5.30. The van der Waals surface area contributed by atoms with Crippen LogP contribution in [0.25, 0.3) is 0 Å². The monoisotopic (exact) mass is 216 g/mol. The molecule has 3 nitrogen and oxygen atoms in total. The molecule has 0 saturated carbocycles. The Morgan fingerprint density at radius 3 is 2.93 bits per heavy atom. The minimum absolute atomic E-state index is 0.420. The highest BCUT2D eigenvalue weighted by Crippen LogP contribution is 2.16. The van der Waals surface area contributed by atoms with E-state index in [2.05, 4.69) is 24.1 Å². The Morgan fingerprint density at radius 1 is 1.64 bits per heavy atom. The van der Waals surface area contributed by atoms with Crippen molar-refractivity contribution in [3.63, 3.8) is 0 Å². The van der Waals surface area contributed by atoms with Gasteiger partial charge in [-0.05, 0) is 32.5 Å². The standard InChI is InChI=1S/C10H20N2OS/c1-8(2)11-10(14)12-5-4-9(6-12)7-13-3/h8-9H,4-7H2,1-3H3,(H,11,14). The summed E-state index contributed by atoms with van der Waals surface area (Å²) in [4.78, 5) is 2.24. The molecule has 0 radical (unpaired) electrons. The van der Waals surface area contributed by atoms with Gasteiger partial charge in [-0.3, -0.25) is 0 Å². The van der Waals surface area contributed by atoms with Crippen molar-refractivity contribution in [2.45, 2.75) is 26.3 Å². The molecule has 0 aromatic carbocycles. The first-order chi connectivity index (χ1) is 6.63. The van der Waals surface area contributed by atoms with Crippen LogP contribution in [0.2, 0.25) is 0 Å². The number of ether oxygens (including phenoxy) is 1. The maximum Gasteiger partial charge on any atom is 0.169 e. The Balaban J connectivity index is 2.30. The van der Waals surface area contributed by atoms with Gasteiger partial charge in [0.05, 0.1) is 6.61 Å². The topological polar surface area (TPSA) is 24.5 Å². The Bertz CT molecular complexity index is 197. The van der Waals surface area contributed by atoms with E-state index < -0.39 is 0 Å². The highest BCUT2D eigenvalue weighted by atomic mass is 32.1. The highest BCUT2D eigenvalue weighted by Gasteiger charge is 2.23. The lowest BCUT2D eigenvalue weighted by Gasteiger charge is -2.22. The van der Waals surface area contributed by atoms with Crippen LogP contribution in [0.3, 0.4) is 0 Å². The number of rotatable bonds is 3. The zero-order valence-electron chi connectivity index (χ0n) is 9.25. The van der Waals surface area contributed by atoms with Crippen molar-refractivity contribution in [1.82, 2.24) is 10.2 Å². The molecule has 0 amide bonds. The zero-order chi connectivity index (χ0) is 10.6. The number of methoxy groups -OCH3 is 1. The van der Waals surface area contributed by atoms with Gasteiger partial charge in [0.1, 0.15) is 0 Å². The Kier molecular flexibility index (Phi) is 4.62. The van der Waals surface area contributed by atoms with Crippen molar-refractivity contribution in [1.29, 1.82) is 0 Å². The van der Waals surface area contributed by atoms with Crippen LogP contribution in [-0.2, 0) is 4.74 Å². The third-order valence-corrected chi connectivity index (χ3v) is 2.76. The largest absolute Gasteiger partial charge is 0.384 e. The molecule has 14 heavy (non-hydrogen) atoms. The molecule has 82 valence electrons. The Morgan fingerprint density at radius 2 is 2.36 bits per heavy atom. The van der Waals surface area contributed by atoms with E-state index in [9.17, 15) is 0 Å². The molecule has 0 aromatic rings. The quantitative estimate of drug-likeness (QED) is 0.717. The summed E-state index contributed by atoms with van der Waals surface area (Å²) in [5.74, 6) is 0.645. The number of nitrogens with zero attached hydrogens (tertiary/aromatic N) is 1. The highest BCUT2D eigenvalue weighted by molar-refractivity contribution is 7.80. The van der Waals surface area contributed by atoms with Gasteiger partial charge in [-0.2, -0.15) is 0 Å². The van der Waals surface area contributed by atoms with Crippen LogP contribution < -0.4 is 5.32 Å². The lowest BCUT2D eigenvalue weighted by Crippen LogP contribution is -2.41. The molecule has 1 heterocycles. The van der Waals surface area contributed by atoms with Crippen molar-refractivity contribution < 1.29 is 4.74 Å². The molecular formula is C10H20N2OS. The van der Waals surface area contributed by atoms with E-state index in [1.54, 1.807) is 7.11 Å². The lowest BCUT2D eigenvalue weighted by atomic mass is 10.1. The second-order valence-electron chi connectivity index (χ2n) is 4.16. The number of nitrogens with one attached hydrogen (secondary N) is 1. The summed E-state index contributed by atoms with van der Waals surface area (Å²) in [5, 5.41) is 4.15. The van der Waals surface area contributed by atoms with Gasteiger partial charge in [-0.1, -0.05) is 0 Å². The fraction of sp³-hybridized carbons (Fsp3) is 0.900. The van der Waals surface area contributed by atoms with Crippen LogP contribution in [0.15, 0.2) is 0 Å². The van der Waals surface area contributed by atoms with Crippen LogP contribution in [0, 0.1) is 5.92 Å². The van der Waals surface area contributed by atoms with E-state index in [4.69, 9.17) is 17.0 Å². The molecule has 0 aromatic heterocycles. The van der Waals surface area contributed by atoms with Gasteiger partial charge in [-0.25, -0.2) is 0 Å². The van der Waals surface area contributed by atoms with E-state index >= 15 is 0 Å². The molecule has 1 fully saturated rings. The van der Waals surface area contributed by atoms with Gasteiger partial charge in [-0.15, -0.1) is 0 Å². The number of thiocarbonyl (C=S) groups is 1. The molecule has 1 rings (SSSR count). The third kappa shape index (κ3) is 3.42. The first-order valence-corrected chi connectivity index (χ1v) is 5.58. The van der Waals surface area contributed by atoms with Crippen LogP contribution in [0.1, 0.15) is 20.3 Å². The molecule has 1 atom stereocenters. The van der Waals surface area contributed by atoms with Crippen molar-refractivity contribution in [3.05, 3.63) is 0 Å². The molecule has 0 bridgehead atoms. The SMILES string of the molecule is COCC1CCN(C(=S)NC(C)C)C1. The van der Waals surface area contributed by atoms with Gasteiger partial charge in [0.15, 0.2) is 5.11 Å². The van der Waals surface area contributed by atoms with Crippen molar-refractivity contribution in [3.8, 4) is 0 Å². The molecule has 0 spiro atoms. The summed E-state index contributed by atoms with van der Waals surface area (Å²) < 4.78 is 5.14. The van der Waals surface area contributed by atoms with Gasteiger partial charge in [0.2, 0.25) is 0 Å². The molecule has 1 saturated heterocycles. The van der Waals surface area contributed by atoms with Crippen molar-refractivity contribution >= 4 is 17.3 Å². The van der Waals surface area contributed by atoms with Gasteiger partial charge < -0.3 is 15.0 Å². The summed E-state index contributed by atoms with van der Waals surface area (Å²) in [7, 11) is 1.76. The normalized spacial score (nSPS) is 21.7. The summed E-state index contributed by atoms with van der Waals surface area (Å²) in [6.45, 7) is 7.16. The first kappa shape index (κ1) is 11.7. The van der Waals surface area contributed by atoms with E-state index in [1.807, 2.05) is 0 Å². The average Bonchev–Trinajstić information content (AvgIpc) is 2.52. The van der Waals surface area contributed by atoms with Gasteiger partial charge in [0, 0.05) is 32.2 Å². The third-order valence-electron chi connectivity index (χ3n) is 2.39. The van der Waals surface area contributed by atoms with Gasteiger partial charge in [0.25, 0.3) is 0 Å². The molecule has 1 N–H and O–H groups in total. The van der Waals surface area contributed by atoms with Crippen LogP contribution in [-0.4, -0.2) is 42.9 Å². The van der Waals surface area contributed by atoms with Crippen molar-refractivity contribution in [2.24, 2.45) is 5.92 Å². The first-order valence-electron chi connectivity index (χ1n) is 5.18. The Labute approximate surface area is 91.8 Å². The minimum Gasteiger partial charge on any atom is -0.384 e. The molecule has 4 heteroatoms. The van der Waals surface area contributed by atoms with Crippen LogP contribution in [0.4, 0.5) is 0 Å². The maximum absolute atomic E-state index is 5.30. The number of likely N-dealkylation sites (tertiary alicyclic amines) is 1.